The lowest BCUT2D eigenvalue weighted by Gasteiger charge is -2.07. The molecule has 1 aromatic heterocycles. The molecule has 1 heterocycles. The molecule has 0 unspecified atom stereocenters. The number of rotatable bonds is 2. The predicted molar refractivity (Wildman–Crippen MR) is 43.3 cm³/mol. The summed E-state index contributed by atoms with van der Waals surface area (Å²) < 4.78 is 28.3. The highest BCUT2D eigenvalue weighted by atomic mass is 79.9. The zero-order valence-electron chi connectivity index (χ0n) is 6.22. The third-order valence-electron chi connectivity index (χ3n) is 1.24. The van der Waals surface area contributed by atoms with Crippen molar-refractivity contribution in [3.05, 3.63) is 22.4 Å². The maximum atomic E-state index is 11.8. The molecule has 12 heavy (non-hydrogen) atoms. The van der Waals surface area contributed by atoms with E-state index in [0.717, 1.165) is 0 Å². The molecule has 0 saturated carbocycles. The molecule has 0 aliphatic rings. The van der Waals surface area contributed by atoms with Crippen LogP contribution in [-0.2, 0) is 0 Å². The van der Waals surface area contributed by atoms with Gasteiger partial charge in [-0.1, -0.05) is 0 Å². The molecule has 1 aromatic rings. The van der Waals surface area contributed by atoms with E-state index in [2.05, 4.69) is 25.7 Å². The summed E-state index contributed by atoms with van der Waals surface area (Å²) in [6.45, 7) is -1.22. The van der Waals surface area contributed by atoms with Crippen molar-refractivity contribution in [1.82, 2.24) is 4.98 Å². The molecular weight excluding hydrogens is 232 g/mol. The molecule has 0 aliphatic carbocycles. The van der Waals surface area contributed by atoms with Crippen LogP contribution in [0.4, 0.5) is 8.78 Å². The molecular formula is C7H6BrF2NO. The van der Waals surface area contributed by atoms with E-state index in [1.807, 2.05) is 0 Å². The average Bonchev–Trinajstić information content (AvgIpc) is 1.97. The number of hydrogen-bond acceptors (Lipinski definition) is 2. The van der Waals surface area contributed by atoms with Crippen molar-refractivity contribution in [2.75, 3.05) is 0 Å². The van der Waals surface area contributed by atoms with Crippen molar-refractivity contribution in [2.24, 2.45) is 0 Å². The minimum absolute atomic E-state index is 0.0903. The maximum absolute atomic E-state index is 11.8. The van der Waals surface area contributed by atoms with E-state index in [4.69, 9.17) is 0 Å². The molecule has 0 aliphatic heterocycles. The van der Waals surface area contributed by atoms with Gasteiger partial charge in [-0.15, -0.1) is 0 Å². The van der Waals surface area contributed by atoms with Gasteiger partial charge < -0.3 is 4.74 Å². The van der Waals surface area contributed by atoms with Crippen LogP contribution in [-0.4, -0.2) is 11.6 Å². The summed E-state index contributed by atoms with van der Waals surface area (Å²) in [7, 11) is 0. The van der Waals surface area contributed by atoms with Crippen LogP contribution in [0.3, 0.4) is 0 Å². The lowest BCUT2D eigenvalue weighted by atomic mass is 10.3. The number of pyridine rings is 1. The van der Waals surface area contributed by atoms with Gasteiger partial charge in [0.25, 0.3) is 0 Å². The Morgan fingerprint density at radius 3 is 2.75 bits per heavy atom. The largest absolute Gasteiger partial charge is 0.432 e. The van der Waals surface area contributed by atoms with Crippen molar-refractivity contribution >= 4 is 15.9 Å². The van der Waals surface area contributed by atoms with E-state index in [9.17, 15) is 8.78 Å². The van der Waals surface area contributed by atoms with Gasteiger partial charge >= 0.3 is 6.61 Å². The van der Waals surface area contributed by atoms with Crippen molar-refractivity contribution in [2.45, 2.75) is 13.5 Å². The van der Waals surface area contributed by atoms with Gasteiger partial charge in [0.05, 0.1) is 10.2 Å². The van der Waals surface area contributed by atoms with Crippen LogP contribution >= 0.6 is 15.9 Å². The lowest BCUT2D eigenvalue weighted by molar-refractivity contribution is -0.0510. The molecule has 0 N–H and O–H groups in total. The Labute approximate surface area is 76.7 Å². The van der Waals surface area contributed by atoms with Crippen LogP contribution in [0, 0.1) is 6.92 Å². The normalized spacial score (nSPS) is 10.4. The Morgan fingerprint density at radius 2 is 2.25 bits per heavy atom. The van der Waals surface area contributed by atoms with Gasteiger partial charge in [-0.05, 0) is 28.9 Å². The molecule has 0 saturated heterocycles. The van der Waals surface area contributed by atoms with Crippen molar-refractivity contribution in [3.63, 3.8) is 0 Å². The number of aromatic nitrogens is 1. The fourth-order valence-electron chi connectivity index (χ4n) is 0.752. The number of aryl methyl sites for hydroxylation is 1. The van der Waals surface area contributed by atoms with Crippen LogP contribution in [0.1, 0.15) is 5.69 Å². The smallest absolute Gasteiger partial charge is 0.387 e. The van der Waals surface area contributed by atoms with Gasteiger partial charge in [0.2, 0.25) is 0 Å². The molecule has 0 fully saturated rings. The third-order valence-corrected chi connectivity index (χ3v) is 1.87. The number of alkyl halides is 2. The predicted octanol–water partition coefficient (Wildman–Crippen LogP) is 2.75. The zero-order chi connectivity index (χ0) is 9.14. The quantitative estimate of drug-likeness (QED) is 0.790. The van der Waals surface area contributed by atoms with Gasteiger partial charge in [0.15, 0.2) is 5.75 Å². The zero-order valence-corrected chi connectivity index (χ0v) is 7.81. The first-order valence-corrected chi connectivity index (χ1v) is 3.96. The molecule has 0 amide bonds. The van der Waals surface area contributed by atoms with Crippen molar-refractivity contribution in [1.29, 1.82) is 0 Å². The summed E-state index contributed by atoms with van der Waals surface area (Å²) in [6.07, 6.45) is 1.51. The van der Waals surface area contributed by atoms with Crippen LogP contribution < -0.4 is 4.74 Å². The molecule has 66 valence electrons. The maximum Gasteiger partial charge on any atom is 0.387 e. The first kappa shape index (κ1) is 9.38. The minimum Gasteiger partial charge on any atom is -0.432 e. The monoisotopic (exact) mass is 237 g/mol. The highest BCUT2D eigenvalue weighted by Crippen LogP contribution is 2.27. The second kappa shape index (κ2) is 3.80. The van der Waals surface area contributed by atoms with E-state index in [-0.39, 0.29) is 5.75 Å². The Kier molecular flexibility index (Phi) is 2.97. The molecule has 0 radical (unpaired) electrons. The van der Waals surface area contributed by atoms with Crippen LogP contribution in [0.15, 0.2) is 16.7 Å². The standard InChI is InChI=1S/C7H6BrF2NO/c1-4-6(12-7(9)10)5(8)2-3-11-4/h2-3,7H,1H3. The Morgan fingerprint density at radius 1 is 1.58 bits per heavy atom. The van der Waals surface area contributed by atoms with Gasteiger partial charge in [0, 0.05) is 6.20 Å². The lowest BCUT2D eigenvalue weighted by Crippen LogP contribution is -2.04. The first-order valence-electron chi connectivity index (χ1n) is 3.17. The average molecular weight is 238 g/mol. The van der Waals surface area contributed by atoms with Gasteiger partial charge in [-0.2, -0.15) is 8.78 Å². The van der Waals surface area contributed by atoms with Crippen molar-refractivity contribution in [3.8, 4) is 5.75 Å². The molecule has 0 atom stereocenters. The van der Waals surface area contributed by atoms with Crippen molar-refractivity contribution < 1.29 is 13.5 Å². The molecule has 0 spiro atoms. The summed E-state index contributed by atoms with van der Waals surface area (Å²) in [5.41, 5.74) is 0.435. The molecule has 5 heteroatoms. The van der Waals surface area contributed by atoms with E-state index in [1.165, 1.54) is 6.20 Å². The Balaban J connectivity index is 2.96. The Hall–Kier alpha value is -0.710. The van der Waals surface area contributed by atoms with Gasteiger partial charge in [0.1, 0.15) is 0 Å². The summed E-state index contributed by atoms with van der Waals surface area (Å²) >= 11 is 3.08. The molecule has 0 aromatic carbocycles. The minimum atomic E-state index is -2.82. The van der Waals surface area contributed by atoms with E-state index in [1.54, 1.807) is 13.0 Å². The summed E-state index contributed by atoms with van der Waals surface area (Å²) in [5.74, 6) is 0.0903. The SMILES string of the molecule is Cc1nccc(Br)c1OC(F)F. The summed E-state index contributed by atoms with van der Waals surface area (Å²) in [6, 6.07) is 1.55. The molecule has 0 bridgehead atoms. The number of hydrogen-bond donors (Lipinski definition) is 0. The Bertz CT molecular complexity index is 260. The number of nitrogens with zero attached hydrogens (tertiary/aromatic N) is 1. The molecule has 2 nitrogen and oxygen atoms in total. The first-order chi connectivity index (χ1) is 5.61. The van der Waals surface area contributed by atoms with Gasteiger partial charge in [-0.3, -0.25) is 4.98 Å². The fourth-order valence-corrected chi connectivity index (χ4v) is 1.25. The number of halogens is 3. The summed E-state index contributed by atoms with van der Waals surface area (Å²) in [5, 5.41) is 0. The van der Waals surface area contributed by atoms with E-state index < -0.39 is 6.61 Å². The van der Waals surface area contributed by atoms with Crippen LogP contribution in [0.5, 0.6) is 5.75 Å². The van der Waals surface area contributed by atoms with Gasteiger partial charge in [-0.25, -0.2) is 0 Å². The second-order valence-electron chi connectivity index (χ2n) is 2.09. The number of ether oxygens (including phenoxy) is 1. The topological polar surface area (TPSA) is 22.1 Å². The van der Waals surface area contributed by atoms with Crippen LogP contribution in [0.2, 0.25) is 0 Å². The molecule has 1 rings (SSSR count). The second-order valence-corrected chi connectivity index (χ2v) is 2.94. The highest BCUT2D eigenvalue weighted by molar-refractivity contribution is 9.10. The summed E-state index contributed by atoms with van der Waals surface area (Å²) in [4.78, 5) is 3.80. The third kappa shape index (κ3) is 2.14. The van der Waals surface area contributed by atoms with E-state index in [0.29, 0.717) is 10.2 Å². The van der Waals surface area contributed by atoms with Crippen LogP contribution in [0.25, 0.3) is 0 Å². The highest BCUT2D eigenvalue weighted by Gasteiger charge is 2.10. The van der Waals surface area contributed by atoms with E-state index >= 15 is 0 Å². The fraction of sp³-hybridized carbons (Fsp3) is 0.286.